The summed E-state index contributed by atoms with van der Waals surface area (Å²) in [5, 5.41) is 3.29. The normalized spacial score (nSPS) is 12.7. The first-order valence-electron chi connectivity index (χ1n) is 8.25. The minimum atomic E-state index is 0.753. The molecule has 2 aromatic carbocycles. The topological polar surface area (TPSA) is 39.4 Å². The number of nitrogens with zero attached hydrogens (tertiary/aromatic N) is 1. The summed E-state index contributed by atoms with van der Waals surface area (Å²) in [6, 6.07) is 12.1. The van der Waals surface area contributed by atoms with Crippen LogP contribution in [0, 0.1) is 6.92 Å². The van der Waals surface area contributed by atoms with E-state index in [0.717, 1.165) is 61.2 Å². The maximum absolute atomic E-state index is 6.16. The first-order valence-corrected chi connectivity index (χ1v) is 8.25. The molecule has 4 heteroatoms. The second-order valence-electron chi connectivity index (χ2n) is 6.56. The molecular weight excluding hydrogens is 314 g/mol. The van der Waals surface area contributed by atoms with Crippen LogP contribution in [-0.4, -0.2) is 0 Å². The van der Waals surface area contributed by atoms with Crippen molar-refractivity contribution in [2.24, 2.45) is 7.05 Å². The van der Waals surface area contributed by atoms with E-state index in [1.807, 2.05) is 36.5 Å². The van der Waals surface area contributed by atoms with E-state index in [9.17, 15) is 0 Å². The highest BCUT2D eigenvalue weighted by Crippen LogP contribution is 2.50. The van der Waals surface area contributed by atoms with Gasteiger partial charge in [-0.1, -0.05) is 18.2 Å². The summed E-state index contributed by atoms with van der Waals surface area (Å²) in [6.07, 6.45) is 3.70. The van der Waals surface area contributed by atoms with Gasteiger partial charge in [-0.3, -0.25) is 0 Å². The minimum Gasteiger partial charge on any atom is -0.460 e. The number of benzene rings is 2. The maximum atomic E-state index is 6.16. The highest BCUT2D eigenvalue weighted by molar-refractivity contribution is 6.11. The Kier molecular flexibility index (Phi) is 2.21. The average Bonchev–Trinajstić information content (AvgIpc) is 3.19. The Hall–Kier alpha value is -3.27. The number of rotatable bonds is 0. The largest absolute Gasteiger partial charge is 0.460 e. The zero-order valence-electron chi connectivity index (χ0n) is 13.8. The van der Waals surface area contributed by atoms with Crippen LogP contribution in [0.4, 0.5) is 0 Å². The molecule has 25 heavy (non-hydrogen) atoms. The lowest BCUT2D eigenvalue weighted by Crippen LogP contribution is -2.31. The number of furan rings is 2. The van der Waals surface area contributed by atoms with Gasteiger partial charge in [0.25, 0.3) is 0 Å². The SMILES string of the molecule is Cc1c2c(cc3oc4ccccc4c13)Oc1coc3cc[n+](C)c-2c13. The molecule has 0 radical (unpaired) electrons. The van der Waals surface area contributed by atoms with Gasteiger partial charge in [-0.2, -0.15) is 4.57 Å². The molecule has 4 nitrogen and oxygen atoms in total. The van der Waals surface area contributed by atoms with Crippen molar-refractivity contribution in [2.45, 2.75) is 6.92 Å². The van der Waals surface area contributed by atoms with E-state index in [1.165, 1.54) is 0 Å². The van der Waals surface area contributed by atoms with Gasteiger partial charge in [0, 0.05) is 22.9 Å². The fourth-order valence-corrected chi connectivity index (χ4v) is 4.07. The number of hydrogen-bond donors (Lipinski definition) is 0. The minimum absolute atomic E-state index is 0.753. The molecule has 0 amide bonds. The van der Waals surface area contributed by atoms with Crippen molar-refractivity contribution in [1.82, 2.24) is 0 Å². The smallest absolute Gasteiger partial charge is 0.231 e. The summed E-state index contributed by atoms with van der Waals surface area (Å²) in [5.41, 5.74) is 5.96. The number of aromatic nitrogens is 1. The van der Waals surface area contributed by atoms with Crippen LogP contribution in [0.2, 0.25) is 0 Å². The maximum Gasteiger partial charge on any atom is 0.231 e. The first-order chi connectivity index (χ1) is 12.2. The molecule has 5 aromatic rings. The first kappa shape index (κ1) is 13.1. The highest BCUT2D eigenvalue weighted by Gasteiger charge is 2.32. The van der Waals surface area contributed by atoms with Gasteiger partial charge in [0.15, 0.2) is 17.5 Å². The summed E-state index contributed by atoms with van der Waals surface area (Å²) in [7, 11) is 2.05. The summed E-state index contributed by atoms with van der Waals surface area (Å²) in [6.45, 7) is 2.14. The number of pyridine rings is 1. The lowest BCUT2D eigenvalue weighted by molar-refractivity contribution is -0.659. The van der Waals surface area contributed by atoms with Gasteiger partial charge in [0.2, 0.25) is 5.69 Å². The number of para-hydroxylation sites is 1. The average molecular weight is 328 g/mol. The van der Waals surface area contributed by atoms with E-state index in [1.54, 1.807) is 6.26 Å². The fourth-order valence-electron chi connectivity index (χ4n) is 4.07. The second-order valence-corrected chi connectivity index (χ2v) is 6.56. The van der Waals surface area contributed by atoms with Crippen molar-refractivity contribution in [3.05, 3.63) is 54.4 Å². The van der Waals surface area contributed by atoms with Crippen LogP contribution in [0.1, 0.15) is 5.56 Å². The van der Waals surface area contributed by atoms with Gasteiger partial charge in [-0.05, 0) is 18.6 Å². The van der Waals surface area contributed by atoms with Gasteiger partial charge >= 0.3 is 0 Å². The van der Waals surface area contributed by atoms with E-state index in [0.29, 0.717) is 0 Å². The van der Waals surface area contributed by atoms with Gasteiger partial charge in [-0.15, -0.1) is 0 Å². The molecule has 0 fully saturated rings. The standard InChI is InChI=1S/C21H14NO3/c1-11-18-12-5-3-4-6-13(12)24-15(18)9-16-19(11)21-20-14(7-8-22(21)2)23-10-17(20)25-16/h3-10H,1-2H3/q+1. The highest BCUT2D eigenvalue weighted by atomic mass is 16.5. The Morgan fingerprint density at radius 3 is 2.72 bits per heavy atom. The third kappa shape index (κ3) is 1.50. The summed E-state index contributed by atoms with van der Waals surface area (Å²) >= 11 is 0. The molecule has 0 saturated carbocycles. The summed E-state index contributed by atoms with van der Waals surface area (Å²) in [5.74, 6) is 1.56. The molecule has 0 spiro atoms. The Morgan fingerprint density at radius 1 is 0.920 bits per heavy atom. The molecule has 0 N–H and O–H groups in total. The van der Waals surface area contributed by atoms with E-state index < -0.39 is 0 Å². The number of aryl methyl sites for hydroxylation is 2. The molecule has 0 aliphatic carbocycles. The van der Waals surface area contributed by atoms with Crippen molar-refractivity contribution in [3.8, 4) is 22.8 Å². The third-order valence-corrected chi connectivity index (χ3v) is 5.16. The molecule has 0 saturated heterocycles. The molecule has 3 aromatic heterocycles. The zero-order valence-corrected chi connectivity index (χ0v) is 13.8. The van der Waals surface area contributed by atoms with Gasteiger partial charge in [-0.25, -0.2) is 0 Å². The number of fused-ring (bicyclic) bond motifs is 5. The molecule has 0 bridgehead atoms. The Balaban J connectivity index is 1.85. The molecule has 1 aliphatic heterocycles. The Labute approximate surface area is 142 Å². The number of ether oxygens (including phenoxy) is 1. The van der Waals surface area contributed by atoms with Crippen molar-refractivity contribution >= 4 is 32.9 Å². The molecule has 120 valence electrons. The molecule has 4 heterocycles. The Morgan fingerprint density at radius 2 is 1.80 bits per heavy atom. The van der Waals surface area contributed by atoms with Crippen molar-refractivity contribution in [1.29, 1.82) is 0 Å². The molecule has 0 unspecified atom stereocenters. The molecule has 0 atom stereocenters. The van der Waals surface area contributed by atoms with Crippen molar-refractivity contribution in [2.75, 3.05) is 0 Å². The van der Waals surface area contributed by atoms with Crippen LogP contribution in [0.25, 0.3) is 44.2 Å². The van der Waals surface area contributed by atoms with Crippen LogP contribution < -0.4 is 9.30 Å². The van der Waals surface area contributed by atoms with Crippen molar-refractivity contribution < 1.29 is 18.1 Å². The molecular formula is C21H14NO3+. The van der Waals surface area contributed by atoms with E-state index in [2.05, 4.69) is 24.6 Å². The zero-order chi connectivity index (χ0) is 16.7. The predicted octanol–water partition coefficient (Wildman–Crippen LogP) is 5.24. The number of hydrogen-bond acceptors (Lipinski definition) is 3. The van der Waals surface area contributed by atoms with Crippen LogP contribution in [0.3, 0.4) is 0 Å². The van der Waals surface area contributed by atoms with Crippen LogP contribution in [0.15, 0.2) is 57.7 Å². The van der Waals surface area contributed by atoms with Crippen LogP contribution in [-0.2, 0) is 7.05 Å². The lowest BCUT2D eigenvalue weighted by atomic mass is 9.95. The van der Waals surface area contributed by atoms with Crippen molar-refractivity contribution in [3.63, 3.8) is 0 Å². The summed E-state index contributed by atoms with van der Waals surface area (Å²) < 4.78 is 20.0. The lowest BCUT2D eigenvalue weighted by Gasteiger charge is -2.17. The quantitative estimate of drug-likeness (QED) is 0.358. The van der Waals surface area contributed by atoms with Gasteiger partial charge in [0.05, 0.1) is 5.56 Å². The van der Waals surface area contributed by atoms with Gasteiger partial charge < -0.3 is 13.6 Å². The van der Waals surface area contributed by atoms with Crippen LogP contribution >= 0.6 is 0 Å². The monoisotopic (exact) mass is 328 g/mol. The van der Waals surface area contributed by atoms with E-state index in [-0.39, 0.29) is 0 Å². The summed E-state index contributed by atoms with van der Waals surface area (Å²) in [4.78, 5) is 0. The van der Waals surface area contributed by atoms with Gasteiger partial charge in [0.1, 0.15) is 35.6 Å². The third-order valence-electron chi connectivity index (χ3n) is 5.16. The molecule has 6 rings (SSSR count). The fraction of sp³-hybridized carbons (Fsp3) is 0.0952. The predicted molar refractivity (Wildman–Crippen MR) is 94.9 cm³/mol. The molecule has 1 aliphatic rings. The second kappa shape index (κ2) is 4.22. The van der Waals surface area contributed by atoms with E-state index >= 15 is 0 Å². The van der Waals surface area contributed by atoms with E-state index in [4.69, 9.17) is 13.6 Å². The Bertz CT molecular complexity index is 1340. The van der Waals surface area contributed by atoms with Crippen LogP contribution in [0.5, 0.6) is 11.5 Å².